The molecule has 138 valence electrons. The van der Waals surface area contributed by atoms with Crippen LogP contribution in [0.5, 0.6) is 0 Å². The van der Waals surface area contributed by atoms with Gasteiger partial charge < -0.3 is 14.1 Å². The molecule has 24 heavy (non-hydrogen) atoms. The molecule has 7 nitrogen and oxygen atoms in total. The highest BCUT2D eigenvalue weighted by Gasteiger charge is 2.42. The van der Waals surface area contributed by atoms with Crippen LogP contribution in [0, 0.1) is 0 Å². The first kappa shape index (κ1) is 20.8. The number of rotatable bonds is 3. The lowest BCUT2D eigenvalue weighted by atomic mass is 10.0. The van der Waals surface area contributed by atoms with Gasteiger partial charge in [-0.2, -0.15) is 0 Å². The number of nitrogens with zero attached hydrogens (tertiary/aromatic N) is 4. The smallest absolute Gasteiger partial charge is 0.410 e. The van der Waals surface area contributed by atoms with E-state index in [4.69, 9.17) is 14.7 Å². The van der Waals surface area contributed by atoms with Crippen LogP contribution in [0.1, 0.15) is 48.0 Å². The Labute approximate surface area is 146 Å². The van der Waals surface area contributed by atoms with E-state index >= 15 is 0 Å². The van der Waals surface area contributed by atoms with Gasteiger partial charge >= 0.3 is 6.09 Å². The van der Waals surface area contributed by atoms with Crippen LogP contribution >= 0.6 is 0 Å². The topological polar surface area (TPSA) is 87.5 Å². The zero-order valence-corrected chi connectivity index (χ0v) is 17.3. The maximum absolute atomic E-state index is 12.4. The third kappa shape index (κ3) is 6.00. The quantitative estimate of drug-likeness (QED) is 0.318. The van der Waals surface area contributed by atoms with E-state index in [2.05, 4.69) is 43.9 Å². The van der Waals surface area contributed by atoms with Crippen LogP contribution in [-0.2, 0) is 9.16 Å². The number of hydrogen-bond acceptors (Lipinski definition) is 4. The van der Waals surface area contributed by atoms with E-state index in [1.807, 2.05) is 20.8 Å². The Hall–Kier alpha value is -1.24. The molecule has 2 atom stereocenters. The average Bonchev–Trinajstić information content (AvgIpc) is 2.34. The van der Waals surface area contributed by atoms with E-state index < -0.39 is 13.9 Å². The van der Waals surface area contributed by atoms with Gasteiger partial charge in [0.25, 0.3) is 0 Å². The second-order valence-electron chi connectivity index (χ2n) is 8.98. The fourth-order valence-electron chi connectivity index (χ4n) is 2.34. The van der Waals surface area contributed by atoms with E-state index in [-0.39, 0.29) is 23.3 Å². The summed E-state index contributed by atoms with van der Waals surface area (Å²) < 4.78 is 11.9. The second-order valence-corrected chi connectivity index (χ2v) is 13.7. The van der Waals surface area contributed by atoms with Crippen LogP contribution in [0.4, 0.5) is 4.79 Å². The van der Waals surface area contributed by atoms with Gasteiger partial charge in [0.05, 0.1) is 12.1 Å². The highest BCUT2D eigenvalue weighted by atomic mass is 28.4. The molecule has 0 aromatic heterocycles. The van der Waals surface area contributed by atoms with Crippen molar-refractivity contribution < 1.29 is 14.0 Å². The molecular formula is C16H32N4O3Si. The summed E-state index contributed by atoms with van der Waals surface area (Å²) in [6.07, 6.45) is 0.113. The van der Waals surface area contributed by atoms with Crippen molar-refractivity contribution >= 4 is 14.4 Å². The van der Waals surface area contributed by atoms with Crippen LogP contribution in [-0.4, -0.2) is 50.1 Å². The lowest BCUT2D eigenvalue weighted by Crippen LogP contribution is -2.54. The number of likely N-dealkylation sites (tertiary alicyclic amines) is 1. The molecule has 1 heterocycles. The third-order valence-corrected chi connectivity index (χ3v) is 9.06. The summed E-state index contributed by atoms with van der Waals surface area (Å²) in [5.74, 6) is 0. The summed E-state index contributed by atoms with van der Waals surface area (Å²) in [5, 5.41) is 3.90. The first-order valence-corrected chi connectivity index (χ1v) is 11.4. The monoisotopic (exact) mass is 356 g/mol. The maximum atomic E-state index is 12.4. The van der Waals surface area contributed by atoms with E-state index in [9.17, 15) is 4.79 Å². The van der Waals surface area contributed by atoms with Crippen molar-refractivity contribution in [3.05, 3.63) is 10.4 Å². The highest BCUT2D eigenvalue weighted by Crippen LogP contribution is 2.38. The van der Waals surface area contributed by atoms with Crippen LogP contribution in [0.15, 0.2) is 5.11 Å². The number of azide groups is 1. The summed E-state index contributed by atoms with van der Waals surface area (Å²) in [5.41, 5.74) is 8.21. The van der Waals surface area contributed by atoms with Gasteiger partial charge in [0.15, 0.2) is 8.32 Å². The number of hydrogen-bond donors (Lipinski definition) is 0. The van der Waals surface area contributed by atoms with E-state index in [0.29, 0.717) is 19.5 Å². The predicted molar refractivity (Wildman–Crippen MR) is 97.4 cm³/mol. The van der Waals surface area contributed by atoms with Crippen molar-refractivity contribution in [1.82, 2.24) is 4.90 Å². The molecule has 1 amide bonds. The molecule has 1 rings (SSSR count). The number of amides is 1. The highest BCUT2D eigenvalue weighted by molar-refractivity contribution is 6.74. The van der Waals surface area contributed by atoms with E-state index in [0.717, 1.165) is 0 Å². The fourth-order valence-corrected chi connectivity index (χ4v) is 3.70. The zero-order valence-electron chi connectivity index (χ0n) is 16.3. The van der Waals surface area contributed by atoms with Crippen LogP contribution in [0.3, 0.4) is 0 Å². The zero-order chi connectivity index (χ0) is 18.8. The molecule has 0 N–H and O–H groups in total. The summed E-state index contributed by atoms with van der Waals surface area (Å²) in [4.78, 5) is 16.9. The number of carbonyl (C=O) groups excluding carboxylic acids is 1. The first-order valence-electron chi connectivity index (χ1n) is 8.45. The summed E-state index contributed by atoms with van der Waals surface area (Å²) in [6, 6.07) is -0.286. The molecular weight excluding hydrogens is 324 g/mol. The first-order chi connectivity index (χ1) is 10.7. The molecule has 0 spiro atoms. The number of ether oxygens (including phenoxy) is 1. The summed E-state index contributed by atoms with van der Waals surface area (Å²) >= 11 is 0. The Balaban J connectivity index is 2.90. The molecule has 0 unspecified atom stereocenters. The Kier molecular flexibility index (Phi) is 6.35. The second kappa shape index (κ2) is 7.33. The van der Waals surface area contributed by atoms with Crippen molar-refractivity contribution in [3.8, 4) is 0 Å². The van der Waals surface area contributed by atoms with Gasteiger partial charge in [0.2, 0.25) is 0 Å². The van der Waals surface area contributed by atoms with E-state index in [1.54, 1.807) is 4.90 Å². The number of carbonyl (C=O) groups is 1. The molecule has 0 radical (unpaired) electrons. The third-order valence-electron chi connectivity index (χ3n) is 4.52. The van der Waals surface area contributed by atoms with Gasteiger partial charge in [-0.05, 0) is 50.9 Å². The Bertz CT molecular complexity index is 504. The Morgan fingerprint density at radius 3 is 2.25 bits per heavy atom. The molecule has 0 saturated carbocycles. The molecule has 1 fully saturated rings. The van der Waals surface area contributed by atoms with Crippen LogP contribution in [0.25, 0.3) is 10.4 Å². The van der Waals surface area contributed by atoms with Gasteiger partial charge in [-0.1, -0.05) is 25.9 Å². The van der Waals surface area contributed by atoms with Crippen LogP contribution in [0.2, 0.25) is 18.1 Å². The molecule has 1 aliphatic rings. The molecule has 8 heteroatoms. The Morgan fingerprint density at radius 2 is 1.79 bits per heavy atom. The van der Waals surface area contributed by atoms with Gasteiger partial charge in [-0.3, -0.25) is 0 Å². The largest absolute Gasteiger partial charge is 0.444 e. The van der Waals surface area contributed by atoms with Crippen molar-refractivity contribution in [2.75, 3.05) is 13.1 Å². The van der Waals surface area contributed by atoms with Crippen molar-refractivity contribution in [2.24, 2.45) is 5.11 Å². The van der Waals surface area contributed by atoms with Crippen LogP contribution < -0.4 is 0 Å². The molecule has 1 aliphatic heterocycles. The molecule has 0 aliphatic carbocycles. The normalized spacial score (nSPS) is 22.8. The maximum Gasteiger partial charge on any atom is 0.410 e. The predicted octanol–water partition coefficient (Wildman–Crippen LogP) is 4.70. The van der Waals surface area contributed by atoms with Gasteiger partial charge in [0, 0.05) is 18.0 Å². The molecule has 0 aromatic rings. The van der Waals surface area contributed by atoms with E-state index in [1.165, 1.54) is 0 Å². The average molecular weight is 357 g/mol. The van der Waals surface area contributed by atoms with Gasteiger partial charge in [-0.25, -0.2) is 4.79 Å². The molecule has 0 bridgehead atoms. The lowest BCUT2D eigenvalue weighted by Gasteiger charge is -2.43. The van der Waals surface area contributed by atoms with Crippen molar-refractivity contribution in [2.45, 2.75) is 83.8 Å². The van der Waals surface area contributed by atoms with Gasteiger partial charge in [-0.15, -0.1) is 0 Å². The Morgan fingerprint density at radius 1 is 1.21 bits per heavy atom. The minimum Gasteiger partial charge on any atom is -0.444 e. The van der Waals surface area contributed by atoms with Gasteiger partial charge in [0.1, 0.15) is 5.60 Å². The molecule has 0 aromatic carbocycles. The number of piperidine rings is 1. The lowest BCUT2D eigenvalue weighted by molar-refractivity contribution is 0.00272. The summed E-state index contributed by atoms with van der Waals surface area (Å²) in [6.45, 7) is 17.3. The van der Waals surface area contributed by atoms with Crippen molar-refractivity contribution in [3.63, 3.8) is 0 Å². The SMILES string of the molecule is CC(C)(C)OC(=O)N1C[C@@H](N=[N+]=[N-])C[C@H](O[Si](C)(C)C(C)(C)C)C1. The summed E-state index contributed by atoms with van der Waals surface area (Å²) in [7, 11) is -1.97. The fraction of sp³-hybridized carbons (Fsp3) is 0.938. The van der Waals surface area contributed by atoms with Crippen molar-refractivity contribution in [1.29, 1.82) is 0 Å². The minimum atomic E-state index is -1.97. The minimum absolute atomic E-state index is 0.0786. The molecule has 1 saturated heterocycles. The standard InChI is InChI=1S/C16H32N4O3Si/c1-15(2,3)22-14(21)20-10-12(18-19-17)9-13(11-20)23-24(7,8)16(4,5)6/h12-13H,9-11H2,1-8H3/t12-,13-/m0/s1.